The highest BCUT2D eigenvalue weighted by atomic mass is 32.1. The quantitative estimate of drug-likeness (QED) is 0.546. The molecule has 0 bridgehead atoms. The lowest BCUT2D eigenvalue weighted by Crippen LogP contribution is -2.35. The minimum absolute atomic E-state index is 0.0702. The highest BCUT2D eigenvalue weighted by Gasteiger charge is 2.72. The maximum absolute atomic E-state index is 12.8. The molecule has 1 aliphatic carbocycles. The summed E-state index contributed by atoms with van der Waals surface area (Å²) in [6.45, 7) is 12.2. The Morgan fingerprint density at radius 2 is 1.97 bits per heavy atom. The second kappa shape index (κ2) is 6.81. The second-order valence-corrected chi connectivity index (χ2v) is 10.4. The number of nitriles is 1. The lowest BCUT2D eigenvalue weighted by molar-refractivity contribution is -0.143. The minimum Gasteiger partial charge on any atom is -0.277 e. The van der Waals surface area contributed by atoms with Crippen molar-refractivity contribution in [2.24, 2.45) is 17.3 Å². The molecule has 3 aromatic rings. The summed E-state index contributed by atoms with van der Waals surface area (Å²) in [6, 6.07) is 7.72. The van der Waals surface area contributed by atoms with Gasteiger partial charge < -0.3 is 0 Å². The number of rotatable bonds is 4. The number of carbonyl (C=O) groups is 2. The average molecular weight is 443 g/mol. The molecule has 2 unspecified atom stereocenters. The van der Waals surface area contributed by atoms with Crippen LogP contribution in [0.5, 0.6) is 0 Å². The van der Waals surface area contributed by atoms with Crippen molar-refractivity contribution in [2.75, 3.05) is 0 Å². The smallest absolute Gasteiger partial charge is 0.234 e. The van der Waals surface area contributed by atoms with E-state index >= 15 is 0 Å². The number of imide groups is 1. The van der Waals surface area contributed by atoms with Crippen molar-refractivity contribution >= 4 is 38.9 Å². The number of aryl methyl sites for hydroxylation is 1. The van der Waals surface area contributed by atoms with E-state index in [0.29, 0.717) is 11.4 Å². The zero-order chi connectivity index (χ0) is 22.9. The van der Waals surface area contributed by atoms with Gasteiger partial charge in [0.2, 0.25) is 11.8 Å². The third kappa shape index (κ3) is 2.83. The van der Waals surface area contributed by atoms with E-state index < -0.39 is 0 Å². The molecule has 0 radical (unpaired) electrons. The molecule has 32 heavy (non-hydrogen) atoms. The number of amides is 2. The zero-order valence-electron chi connectivity index (χ0n) is 18.4. The molecule has 7 heteroatoms. The summed E-state index contributed by atoms with van der Waals surface area (Å²) >= 11 is 1.50. The van der Waals surface area contributed by atoms with Gasteiger partial charge in [-0.1, -0.05) is 20.4 Å². The first-order chi connectivity index (χ1) is 15.1. The fraction of sp³-hybridized carbons (Fsp3) is 0.320. The van der Waals surface area contributed by atoms with Crippen LogP contribution in [0.4, 0.5) is 0 Å². The Labute approximate surface area is 190 Å². The fourth-order valence-corrected chi connectivity index (χ4v) is 6.15. The van der Waals surface area contributed by atoms with Crippen molar-refractivity contribution in [1.82, 2.24) is 14.9 Å². The first-order valence-electron chi connectivity index (χ1n) is 10.5. The zero-order valence-corrected chi connectivity index (χ0v) is 19.2. The fourth-order valence-electron chi connectivity index (χ4n) is 5.03. The molecular formula is C25H22N4O2S. The summed E-state index contributed by atoms with van der Waals surface area (Å²) in [7, 11) is 0. The number of hydrogen-bond acceptors (Lipinski definition) is 6. The first-order valence-corrected chi connectivity index (χ1v) is 11.3. The summed E-state index contributed by atoms with van der Waals surface area (Å²) < 4.78 is 0.913. The van der Waals surface area contributed by atoms with Crippen LogP contribution >= 0.6 is 11.3 Å². The van der Waals surface area contributed by atoms with E-state index in [-0.39, 0.29) is 35.6 Å². The van der Waals surface area contributed by atoms with Gasteiger partial charge in [-0.15, -0.1) is 11.3 Å². The number of aromatic nitrogens is 2. The summed E-state index contributed by atoms with van der Waals surface area (Å²) in [5, 5.41) is 9.44. The Balaban J connectivity index is 1.57. The van der Waals surface area contributed by atoms with E-state index in [1.807, 2.05) is 39.8 Å². The average Bonchev–Trinajstić information content (AvgIpc) is 2.99. The van der Waals surface area contributed by atoms with Gasteiger partial charge in [0.15, 0.2) is 0 Å². The molecular weight excluding hydrogens is 420 g/mol. The molecule has 0 N–H and O–H groups in total. The molecule has 2 aliphatic rings. The number of piperidine rings is 1. The number of pyridine rings is 2. The predicted molar refractivity (Wildman–Crippen MR) is 123 cm³/mol. The largest absolute Gasteiger partial charge is 0.277 e. The maximum atomic E-state index is 12.8. The van der Waals surface area contributed by atoms with Crippen LogP contribution < -0.4 is 0 Å². The number of allylic oxidation sites excluding steroid dienone is 1. The van der Waals surface area contributed by atoms with Crippen molar-refractivity contribution < 1.29 is 9.59 Å². The summed E-state index contributed by atoms with van der Waals surface area (Å²) in [5.74, 6) is -0.507. The van der Waals surface area contributed by atoms with Crippen LogP contribution in [0.15, 0.2) is 31.0 Å². The lowest BCUT2D eigenvalue weighted by Gasteiger charge is -2.19. The normalized spacial score (nSPS) is 21.0. The molecule has 2 amide bonds. The van der Waals surface area contributed by atoms with E-state index in [4.69, 9.17) is 0 Å². The molecule has 3 aromatic heterocycles. The van der Waals surface area contributed by atoms with E-state index in [9.17, 15) is 14.9 Å². The van der Waals surface area contributed by atoms with Crippen molar-refractivity contribution in [3.8, 4) is 17.3 Å². The number of likely N-dealkylation sites (tertiary alicyclic amines) is 1. The minimum atomic E-state index is -0.214. The van der Waals surface area contributed by atoms with Crippen LogP contribution in [-0.4, -0.2) is 26.7 Å². The van der Waals surface area contributed by atoms with Crippen molar-refractivity contribution in [2.45, 2.75) is 34.2 Å². The van der Waals surface area contributed by atoms with Gasteiger partial charge in [0, 0.05) is 22.2 Å². The third-order valence-corrected chi connectivity index (χ3v) is 7.82. The first kappa shape index (κ1) is 20.5. The molecule has 2 fully saturated rings. The highest BCUT2D eigenvalue weighted by Crippen LogP contribution is 2.63. The maximum Gasteiger partial charge on any atom is 0.234 e. The van der Waals surface area contributed by atoms with Gasteiger partial charge in [0.25, 0.3) is 0 Å². The number of nitrogens with zero attached hydrogens (tertiary/aromatic N) is 4. The molecule has 160 valence electrons. The standard InChI is InChI=1S/C25H22N4O2S/c1-12(2)18-13(3)8-14(10-26)28-21(18)16-6-7-27-17-9-15(32-22(16)17)11-29-23(30)19-20(24(29)31)25(19,4)5/h6-9,19-20H,1,11H2,2-5H3. The number of hydrogen-bond donors (Lipinski definition) is 0. The molecule has 1 saturated carbocycles. The Kier molecular flexibility index (Phi) is 4.37. The Morgan fingerprint density at radius 3 is 2.59 bits per heavy atom. The molecule has 1 saturated heterocycles. The van der Waals surface area contributed by atoms with E-state index in [1.165, 1.54) is 16.2 Å². The molecule has 2 atom stereocenters. The van der Waals surface area contributed by atoms with Gasteiger partial charge in [-0.25, -0.2) is 4.98 Å². The van der Waals surface area contributed by atoms with Gasteiger partial charge in [-0.05, 0) is 48.6 Å². The SMILES string of the molecule is C=C(C)c1c(C)cc(C#N)nc1-c1ccnc2cc(CN3C(=O)C4C(C3=O)C4(C)C)sc12. The van der Waals surface area contributed by atoms with Crippen LogP contribution in [-0.2, 0) is 16.1 Å². The van der Waals surface area contributed by atoms with E-state index in [0.717, 1.165) is 37.4 Å². The number of carbonyl (C=O) groups excluding carboxylic acids is 2. The van der Waals surface area contributed by atoms with Crippen LogP contribution in [0.25, 0.3) is 27.0 Å². The van der Waals surface area contributed by atoms with Gasteiger partial charge >= 0.3 is 0 Å². The Morgan fingerprint density at radius 1 is 1.28 bits per heavy atom. The van der Waals surface area contributed by atoms with Gasteiger partial charge in [0.1, 0.15) is 11.8 Å². The summed E-state index contributed by atoms with van der Waals surface area (Å²) in [5.41, 5.74) is 5.20. The molecule has 0 aromatic carbocycles. The van der Waals surface area contributed by atoms with Crippen LogP contribution in [0.3, 0.4) is 0 Å². The molecule has 0 spiro atoms. The Hall–Kier alpha value is -3.37. The van der Waals surface area contributed by atoms with E-state index in [1.54, 1.807) is 12.3 Å². The van der Waals surface area contributed by atoms with Crippen molar-refractivity contribution in [3.63, 3.8) is 0 Å². The molecule has 4 heterocycles. The highest BCUT2D eigenvalue weighted by molar-refractivity contribution is 7.19. The molecule has 1 aliphatic heterocycles. The van der Waals surface area contributed by atoms with Gasteiger partial charge in [-0.2, -0.15) is 5.26 Å². The molecule has 6 nitrogen and oxygen atoms in total. The Bertz CT molecular complexity index is 1370. The summed E-state index contributed by atoms with van der Waals surface area (Å²) in [4.78, 5) is 36.9. The van der Waals surface area contributed by atoms with Crippen molar-refractivity contribution in [3.05, 3.63) is 52.7 Å². The van der Waals surface area contributed by atoms with Crippen LogP contribution in [0, 0.1) is 35.5 Å². The van der Waals surface area contributed by atoms with Crippen LogP contribution in [0.2, 0.25) is 0 Å². The lowest BCUT2D eigenvalue weighted by atomic mass is 9.96. The second-order valence-electron chi connectivity index (χ2n) is 9.27. The number of fused-ring (bicyclic) bond motifs is 2. The topological polar surface area (TPSA) is 86.9 Å². The molecule has 5 rings (SSSR count). The third-order valence-electron chi connectivity index (χ3n) is 6.68. The van der Waals surface area contributed by atoms with Crippen LogP contribution in [0.1, 0.15) is 42.5 Å². The monoisotopic (exact) mass is 442 g/mol. The predicted octanol–water partition coefficient (Wildman–Crippen LogP) is 4.71. The van der Waals surface area contributed by atoms with Gasteiger partial charge in [-0.3, -0.25) is 19.5 Å². The van der Waals surface area contributed by atoms with E-state index in [2.05, 4.69) is 22.6 Å². The van der Waals surface area contributed by atoms with Gasteiger partial charge in [0.05, 0.1) is 34.3 Å². The number of thiophene rings is 1. The summed E-state index contributed by atoms with van der Waals surface area (Å²) in [6.07, 6.45) is 1.72. The van der Waals surface area contributed by atoms with Crippen molar-refractivity contribution in [1.29, 1.82) is 5.26 Å².